The molecule has 1 aromatic heterocycles. The molecule has 8 heteroatoms. The molecule has 1 heterocycles. The van der Waals surface area contributed by atoms with Crippen LogP contribution < -0.4 is 9.73 Å². The zero-order chi connectivity index (χ0) is 20.7. The summed E-state index contributed by atoms with van der Waals surface area (Å²) < 4.78 is 25.7. The molecule has 1 amide bonds. The van der Waals surface area contributed by atoms with Gasteiger partial charge in [-0.3, -0.25) is 14.1 Å². The van der Waals surface area contributed by atoms with Gasteiger partial charge in [-0.15, -0.1) is 0 Å². The quantitative estimate of drug-likeness (QED) is 0.481. The zero-order valence-corrected chi connectivity index (χ0v) is 16.6. The second-order valence-corrected chi connectivity index (χ2v) is 8.19. The van der Waals surface area contributed by atoms with E-state index < -0.39 is 10.0 Å². The number of sulfonamides is 1. The van der Waals surface area contributed by atoms with Crippen LogP contribution in [0.4, 0.5) is 5.69 Å². The molecule has 0 radical (unpaired) electrons. The van der Waals surface area contributed by atoms with Gasteiger partial charge in [0.25, 0.3) is 5.91 Å². The Kier molecular flexibility index (Phi) is 6.36. The van der Waals surface area contributed by atoms with Gasteiger partial charge >= 0.3 is 0 Å². The summed E-state index contributed by atoms with van der Waals surface area (Å²) in [6, 6.07) is 19.1. The molecule has 0 unspecified atom stereocenters. The molecule has 3 aromatic rings. The molecule has 0 fully saturated rings. The van der Waals surface area contributed by atoms with Crippen molar-refractivity contribution in [3.8, 4) is 0 Å². The number of nitrogens with zero attached hydrogens (tertiary/aromatic N) is 3. The van der Waals surface area contributed by atoms with Crippen LogP contribution in [-0.2, 0) is 16.6 Å². The molecular formula is C21H20N4O3S. The summed E-state index contributed by atoms with van der Waals surface area (Å²) in [6.45, 7) is 0.172. The van der Waals surface area contributed by atoms with E-state index in [2.05, 4.69) is 15.5 Å². The Morgan fingerprint density at radius 3 is 2.31 bits per heavy atom. The summed E-state index contributed by atoms with van der Waals surface area (Å²) in [5, 5.41) is 3.92. The number of carbonyl (C=O) groups excluding carboxylic acids is 1. The first kappa shape index (κ1) is 20.2. The number of para-hydroxylation sites is 1. The zero-order valence-electron chi connectivity index (χ0n) is 15.8. The number of aromatic nitrogens is 1. The predicted molar refractivity (Wildman–Crippen MR) is 113 cm³/mol. The summed E-state index contributed by atoms with van der Waals surface area (Å²) >= 11 is 0. The summed E-state index contributed by atoms with van der Waals surface area (Å²) in [7, 11) is -3.45. The van der Waals surface area contributed by atoms with E-state index in [4.69, 9.17) is 0 Å². The van der Waals surface area contributed by atoms with Crippen molar-refractivity contribution in [2.75, 3.05) is 10.6 Å². The molecule has 2 aromatic carbocycles. The SMILES string of the molecule is CS(=O)(=O)N(Cc1ccc(C(=O)NN=Cc2ccncc2)cc1)c1ccccc1. The fraction of sp³-hybridized carbons (Fsp3) is 0.0952. The minimum atomic E-state index is -3.45. The highest BCUT2D eigenvalue weighted by molar-refractivity contribution is 7.92. The Bertz CT molecular complexity index is 1080. The van der Waals surface area contributed by atoms with Crippen LogP contribution in [0.25, 0.3) is 0 Å². The van der Waals surface area contributed by atoms with Crippen molar-refractivity contribution < 1.29 is 13.2 Å². The molecular weight excluding hydrogens is 388 g/mol. The second-order valence-electron chi connectivity index (χ2n) is 6.28. The van der Waals surface area contributed by atoms with E-state index in [0.717, 1.165) is 11.1 Å². The number of carbonyl (C=O) groups is 1. The summed E-state index contributed by atoms with van der Waals surface area (Å²) in [4.78, 5) is 16.1. The van der Waals surface area contributed by atoms with Crippen molar-refractivity contribution in [2.24, 2.45) is 5.10 Å². The van der Waals surface area contributed by atoms with Gasteiger partial charge in [0.05, 0.1) is 24.7 Å². The number of nitrogens with one attached hydrogen (secondary N) is 1. The van der Waals surface area contributed by atoms with E-state index in [-0.39, 0.29) is 12.5 Å². The van der Waals surface area contributed by atoms with Crippen molar-refractivity contribution in [1.29, 1.82) is 0 Å². The minimum Gasteiger partial charge on any atom is -0.267 e. The molecule has 0 aliphatic heterocycles. The standard InChI is InChI=1S/C21H20N4O3S/c1-29(27,28)25(20-5-3-2-4-6-20)16-18-7-9-19(10-8-18)21(26)24-23-15-17-11-13-22-14-12-17/h2-15H,16H2,1H3,(H,24,26). The molecule has 148 valence electrons. The van der Waals surface area contributed by atoms with Crippen molar-refractivity contribution >= 4 is 27.8 Å². The van der Waals surface area contributed by atoms with Gasteiger partial charge in [-0.2, -0.15) is 5.10 Å². The summed E-state index contributed by atoms with van der Waals surface area (Å²) in [5.74, 6) is -0.357. The third kappa shape index (κ3) is 5.73. The first-order chi connectivity index (χ1) is 13.9. The lowest BCUT2D eigenvalue weighted by molar-refractivity contribution is 0.0955. The van der Waals surface area contributed by atoms with Crippen molar-refractivity contribution in [2.45, 2.75) is 6.54 Å². The summed E-state index contributed by atoms with van der Waals surface area (Å²) in [5.41, 5.74) is 5.05. The molecule has 1 N–H and O–H groups in total. The fourth-order valence-electron chi connectivity index (χ4n) is 2.60. The average Bonchev–Trinajstić information content (AvgIpc) is 2.73. The lowest BCUT2D eigenvalue weighted by Gasteiger charge is -2.22. The molecule has 0 spiro atoms. The van der Waals surface area contributed by atoms with Gasteiger partial charge in [-0.25, -0.2) is 13.8 Å². The Hall–Kier alpha value is -3.52. The third-order valence-electron chi connectivity index (χ3n) is 4.07. The first-order valence-corrected chi connectivity index (χ1v) is 10.6. The molecule has 0 bridgehead atoms. The van der Waals surface area contributed by atoms with Crippen LogP contribution in [0.5, 0.6) is 0 Å². The Balaban J connectivity index is 1.67. The average molecular weight is 408 g/mol. The van der Waals surface area contributed by atoms with Crippen molar-refractivity contribution in [1.82, 2.24) is 10.4 Å². The maximum Gasteiger partial charge on any atom is 0.271 e. The predicted octanol–water partition coefficient (Wildman–Crippen LogP) is 2.81. The van der Waals surface area contributed by atoms with Gasteiger partial charge in [-0.1, -0.05) is 30.3 Å². The first-order valence-electron chi connectivity index (χ1n) is 8.78. The maximum atomic E-state index is 12.2. The van der Waals surface area contributed by atoms with E-state index in [1.54, 1.807) is 73.1 Å². The van der Waals surface area contributed by atoms with Crippen molar-refractivity contribution in [3.05, 3.63) is 95.8 Å². The van der Waals surface area contributed by atoms with Crippen LogP contribution in [0.2, 0.25) is 0 Å². The number of pyridine rings is 1. The van der Waals surface area contributed by atoms with Gasteiger partial charge in [0, 0.05) is 18.0 Å². The van der Waals surface area contributed by atoms with Crippen LogP contribution in [0.1, 0.15) is 21.5 Å². The molecule has 0 aliphatic carbocycles. The number of hydrogen-bond donors (Lipinski definition) is 1. The van der Waals surface area contributed by atoms with Crippen LogP contribution in [0.3, 0.4) is 0 Å². The van der Waals surface area contributed by atoms with E-state index in [1.165, 1.54) is 16.8 Å². The van der Waals surface area contributed by atoms with Crippen molar-refractivity contribution in [3.63, 3.8) is 0 Å². The lowest BCUT2D eigenvalue weighted by atomic mass is 10.1. The number of hydrazone groups is 1. The number of benzene rings is 2. The van der Waals surface area contributed by atoms with Crippen LogP contribution >= 0.6 is 0 Å². The molecule has 0 saturated carbocycles. The molecule has 7 nitrogen and oxygen atoms in total. The highest BCUT2D eigenvalue weighted by atomic mass is 32.2. The van der Waals surface area contributed by atoms with Crippen LogP contribution in [-0.4, -0.2) is 31.8 Å². The normalized spacial score (nSPS) is 11.3. The highest BCUT2D eigenvalue weighted by Crippen LogP contribution is 2.20. The number of rotatable bonds is 7. The minimum absolute atomic E-state index is 0.172. The number of hydrogen-bond acceptors (Lipinski definition) is 5. The van der Waals surface area contributed by atoms with Gasteiger partial charge in [0.15, 0.2) is 0 Å². The van der Waals surface area contributed by atoms with E-state index in [0.29, 0.717) is 11.3 Å². The molecule has 0 atom stereocenters. The Morgan fingerprint density at radius 1 is 1.03 bits per heavy atom. The second kappa shape index (κ2) is 9.11. The number of amides is 1. The molecule has 29 heavy (non-hydrogen) atoms. The van der Waals surface area contributed by atoms with Crippen LogP contribution in [0, 0.1) is 0 Å². The number of anilines is 1. The topological polar surface area (TPSA) is 91.7 Å². The van der Waals surface area contributed by atoms with Gasteiger partial charge in [-0.05, 0) is 47.5 Å². The fourth-order valence-corrected chi connectivity index (χ4v) is 3.49. The van der Waals surface area contributed by atoms with Gasteiger partial charge in [0.1, 0.15) is 0 Å². The lowest BCUT2D eigenvalue weighted by Crippen LogP contribution is -2.29. The van der Waals surface area contributed by atoms with E-state index in [1.807, 2.05) is 6.07 Å². The monoisotopic (exact) mass is 408 g/mol. The molecule has 3 rings (SSSR count). The van der Waals surface area contributed by atoms with Gasteiger partial charge < -0.3 is 0 Å². The summed E-state index contributed by atoms with van der Waals surface area (Å²) in [6.07, 6.45) is 5.97. The molecule has 0 aliphatic rings. The van der Waals surface area contributed by atoms with E-state index in [9.17, 15) is 13.2 Å². The van der Waals surface area contributed by atoms with Gasteiger partial charge in [0.2, 0.25) is 10.0 Å². The molecule has 0 saturated heterocycles. The smallest absolute Gasteiger partial charge is 0.267 e. The van der Waals surface area contributed by atoms with E-state index >= 15 is 0 Å². The maximum absolute atomic E-state index is 12.2. The van der Waals surface area contributed by atoms with Crippen LogP contribution in [0.15, 0.2) is 84.2 Å². The Morgan fingerprint density at radius 2 is 1.69 bits per heavy atom. The highest BCUT2D eigenvalue weighted by Gasteiger charge is 2.17. The third-order valence-corrected chi connectivity index (χ3v) is 5.21. The largest absolute Gasteiger partial charge is 0.271 e. The Labute approximate surface area is 169 Å².